The first kappa shape index (κ1) is 14.8. The van der Waals surface area contributed by atoms with Crippen molar-refractivity contribution >= 4 is 5.91 Å². The van der Waals surface area contributed by atoms with Gasteiger partial charge in [-0.05, 0) is 44.0 Å². The van der Waals surface area contributed by atoms with Gasteiger partial charge in [0, 0.05) is 24.1 Å². The molecule has 0 unspecified atom stereocenters. The number of amides is 1. The summed E-state index contributed by atoms with van der Waals surface area (Å²) in [6, 6.07) is 5.71. The highest BCUT2D eigenvalue weighted by molar-refractivity contribution is 5.94. The summed E-state index contributed by atoms with van der Waals surface area (Å²) in [7, 11) is 0. The zero-order chi connectivity index (χ0) is 15.7. The van der Waals surface area contributed by atoms with Crippen LogP contribution in [0.3, 0.4) is 0 Å². The molecule has 1 fully saturated rings. The first-order chi connectivity index (χ1) is 10.6. The van der Waals surface area contributed by atoms with Crippen molar-refractivity contribution in [2.45, 2.75) is 39.2 Å². The van der Waals surface area contributed by atoms with Gasteiger partial charge in [0.25, 0.3) is 5.91 Å². The van der Waals surface area contributed by atoms with Crippen molar-refractivity contribution in [1.82, 2.24) is 10.1 Å². The molecule has 2 aromatic rings. The van der Waals surface area contributed by atoms with Crippen molar-refractivity contribution in [2.24, 2.45) is 0 Å². The summed E-state index contributed by atoms with van der Waals surface area (Å²) < 4.78 is 18.4. The van der Waals surface area contributed by atoms with Crippen molar-refractivity contribution in [3.05, 3.63) is 52.7 Å². The third-order valence-electron chi connectivity index (χ3n) is 4.24. The van der Waals surface area contributed by atoms with Gasteiger partial charge in [-0.3, -0.25) is 4.79 Å². The molecule has 1 aliphatic heterocycles. The number of aryl methyl sites for hydroxylation is 2. The number of rotatable bonds is 3. The van der Waals surface area contributed by atoms with Gasteiger partial charge in [-0.15, -0.1) is 0 Å². The summed E-state index contributed by atoms with van der Waals surface area (Å²) in [5.74, 6) is 0.448. The molecule has 0 aliphatic carbocycles. The average Bonchev–Trinajstić information content (AvgIpc) is 3.13. The van der Waals surface area contributed by atoms with Crippen molar-refractivity contribution in [1.29, 1.82) is 0 Å². The number of carbonyl (C=O) groups excluding carboxylic acids is 1. The van der Waals surface area contributed by atoms with Gasteiger partial charge in [0.2, 0.25) is 0 Å². The summed E-state index contributed by atoms with van der Waals surface area (Å²) in [5.41, 5.74) is 2.40. The van der Waals surface area contributed by atoms with Gasteiger partial charge >= 0.3 is 0 Å². The minimum Gasteiger partial charge on any atom is -0.361 e. The normalized spacial score (nSPS) is 18.0. The molecule has 1 atom stereocenters. The van der Waals surface area contributed by atoms with E-state index >= 15 is 0 Å². The van der Waals surface area contributed by atoms with Crippen LogP contribution in [0, 0.1) is 12.7 Å². The van der Waals surface area contributed by atoms with E-state index in [2.05, 4.69) is 5.16 Å². The SMILES string of the molecule is CCc1onc(C)c1[C@H]1CCCN1C(=O)c1ccc(F)cc1. The molecule has 0 spiro atoms. The van der Waals surface area contributed by atoms with Gasteiger partial charge in [-0.1, -0.05) is 12.1 Å². The molecule has 2 heterocycles. The van der Waals surface area contributed by atoms with Gasteiger partial charge < -0.3 is 9.42 Å². The summed E-state index contributed by atoms with van der Waals surface area (Å²) in [5, 5.41) is 4.05. The first-order valence-corrected chi connectivity index (χ1v) is 7.63. The highest BCUT2D eigenvalue weighted by Gasteiger charge is 2.34. The summed E-state index contributed by atoms with van der Waals surface area (Å²) in [4.78, 5) is 14.6. The van der Waals surface area contributed by atoms with Crippen LogP contribution in [-0.2, 0) is 6.42 Å². The van der Waals surface area contributed by atoms with E-state index in [1.54, 1.807) is 0 Å². The number of hydrogen-bond acceptors (Lipinski definition) is 3. The molecule has 1 saturated heterocycles. The maximum atomic E-state index is 13.0. The Labute approximate surface area is 128 Å². The van der Waals surface area contributed by atoms with E-state index < -0.39 is 0 Å². The topological polar surface area (TPSA) is 46.3 Å². The highest BCUT2D eigenvalue weighted by atomic mass is 19.1. The van der Waals surface area contributed by atoms with Gasteiger partial charge in [0.1, 0.15) is 11.6 Å². The first-order valence-electron chi connectivity index (χ1n) is 7.63. The predicted octanol–water partition coefficient (Wildman–Crippen LogP) is 3.66. The molecular formula is C17H19FN2O2. The minimum absolute atomic E-state index is 0.00115. The second-order valence-corrected chi connectivity index (χ2v) is 5.62. The Morgan fingerprint density at radius 1 is 1.41 bits per heavy atom. The van der Waals surface area contributed by atoms with E-state index in [1.165, 1.54) is 24.3 Å². The Kier molecular flexibility index (Phi) is 3.96. The largest absolute Gasteiger partial charge is 0.361 e. The Balaban J connectivity index is 1.91. The summed E-state index contributed by atoms with van der Waals surface area (Å²) >= 11 is 0. The molecule has 1 aromatic carbocycles. The maximum Gasteiger partial charge on any atom is 0.254 e. The van der Waals surface area contributed by atoms with Crippen LogP contribution in [0.5, 0.6) is 0 Å². The molecule has 4 nitrogen and oxygen atoms in total. The number of likely N-dealkylation sites (tertiary alicyclic amines) is 1. The van der Waals surface area contributed by atoms with Crippen LogP contribution in [0.1, 0.15) is 53.2 Å². The fraction of sp³-hybridized carbons (Fsp3) is 0.412. The predicted molar refractivity (Wildman–Crippen MR) is 80.0 cm³/mol. The van der Waals surface area contributed by atoms with Crippen LogP contribution < -0.4 is 0 Å². The van der Waals surface area contributed by atoms with Crippen molar-refractivity contribution < 1.29 is 13.7 Å². The third-order valence-corrected chi connectivity index (χ3v) is 4.24. The average molecular weight is 302 g/mol. The summed E-state index contributed by atoms with van der Waals surface area (Å²) in [6.07, 6.45) is 2.61. The Morgan fingerprint density at radius 2 is 2.14 bits per heavy atom. The van der Waals surface area contributed by atoms with Gasteiger partial charge in [-0.2, -0.15) is 0 Å². The fourth-order valence-corrected chi connectivity index (χ4v) is 3.17. The molecule has 22 heavy (non-hydrogen) atoms. The van der Waals surface area contributed by atoms with Crippen LogP contribution in [-0.4, -0.2) is 22.5 Å². The van der Waals surface area contributed by atoms with Crippen LogP contribution >= 0.6 is 0 Å². The number of aromatic nitrogens is 1. The van der Waals surface area contributed by atoms with Gasteiger partial charge in [0.15, 0.2) is 0 Å². The Hall–Kier alpha value is -2.17. The van der Waals surface area contributed by atoms with E-state index in [-0.39, 0.29) is 17.8 Å². The lowest BCUT2D eigenvalue weighted by molar-refractivity contribution is 0.0734. The van der Waals surface area contributed by atoms with E-state index in [0.29, 0.717) is 12.1 Å². The quantitative estimate of drug-likeness (QED) is 0.869. The van der Waals surface area contributed by atoms with Crippen LogP contribution in [0.4, 0.5) is 4.39 Å². The molecule has 0 N–H and O–H groups in total. The van der Waals surface area contributed by atoms with Crippen molar-refractivity contribution in [3.63, 3.8) is 0 Å². The number of nitrogens with zero attached hydrogens (tertiary/aromatic N) is 2. The van der Waals surface area contributed by atoms with E-state index in [4.69, 9.17) is 4.52 Å². The molecule has 1 aromatic heterocycles. The van der Waals surface area contributed by atoms with E-state index in [1.807, 2.05) is 18.7 Å². The van der Waals surface area contributed by atoms with E-state index in [9.17, 15) is 9.18 Å². The molecular weight excluding hydrogens is 283 g/mol. The second-order valence-electron chi connectivity index (χ2n) is 5.62. The lowest BCUT2D eigenvalue weighted by atomic mass is 10.0. The molecule has 0 bridgehead atoms. The Morgan fingerprint density at radius 3 is 2.82 bits per heavy atom. The standard InChI is InChI=1S/C17H19FN2O2/c1-3-15-16(11(2)19-22-15)14-5-4-10-20(14)17(21)12-6-8-13(18)9-7-12/h6-9,14H,3-5,10H2,1-2H3/t14-/m1/s1. The molecule has 0 radical (unpaired) electrons. The summed E-state index contributed by atoms with van der Waals surface area (Å²) in [6.45, 7) is 4.63. The van der Waals surface area contributed by atoms with Crippen LogP contribution in [0.25, 0.3) is 0 Å². The lowest BCUT2D eigenvalue weighted by Crippen LogP contribution is -2.31. The monoisotopic (exact) mass is 302 g/mol. The molecule has 1 amide bonds. The van der Waals surface area contributed by atoms with E-state index in [0.717, 1.165) is 36.3 Å². The maximum absolute atomic E-state index is 13.0. The molecule has 5 heteroatoms. The highest BCUT2D eigenvalue weighted by Crippen LogP contribution is 2.36. The van der Waals surface area contributed by atoms with Crippen LogP contribution in [0.2, 0.25) is 0 Å². The number of halogens is 1. The Bertz CT molecular complexity index is 678. The third kappa shape index (κ3) is 2.51. The van der Waals surface area contributed by atoms with Crippen molar-refractivity contribution in [3.8, 4) is 0 Å². The smallest absolute Gasteiger partial charge is 0.254 e. The van der Waals surface area contributed by atoms with Gasteiger partial charge in [-0.25, -0.2) is 4.39 Å². The lowest BCUT2D eigenvalue weighted by Gasteiger charge is -2.25. The zero-order valence-electron chi connectivity index (χ0n) is 12.8. The molecule has 0 saturated carbocycles. The molecule has 116 valence electrons. The zero-order valence-corrected chi connectivity index (χ0v) is 12.8. The molecule has 1 aliphatic rings. The number of hydrogen-bond donors (Lipinski definition) is 0. The second kappa shape index (κ2) is 5.91. The van der Waals surface area contributed by atoms with Gasteiger partial charge in [0.05, 0.1) is 11.7 Å². The number of benzene rings is 1. The van der Waals surface area contributed by atoms with Crippen LogP contribution in [0.15, 0.2) is 28.8 Å². The minimum atomic E-state index is -0.335. The fourth-order valence-electron chi connectivity index (χ4n) is 3.17. The van der Waals surface area contributed by atoms with Crippen molar-refractivity contribution in [2.75, 3.05) is 6.54 Å². The molecule has 3 rings (SSSR count). The number of carbonyl (C=O) groups is 1.